The third-order valence-corrected chi connectivity index (χ3v) is 33.2. The van der Waals surface area contributed by atoms with Crippen molar-refractivity contribution in [2.24, 2.45) is 139 Å². The number of hydrogen-bond donors (Lipinski definition) is 0. The maximum atomic E-state index is 12.6. The van der Waals surface area contributed by atoms with E-state index in [0.29, 0.717) is 49.7 Å². The van der Waals surface area contributed by atoms with Gasteiger partial charge in [0.15, 0.2) is 0 Å². The normalized spacial score (nSPS) is 22.3. The van der Waals surface area contributed by atoms with E-state index in [4.69, 9.17) is 0 Å². The van der Waals surface area contributed by atoms with Crippen LogP contribution in [0.15, 0.2) is 0 Å². The van der Waals surface area contributed by atoms with Gasteiger partial charge in [0.2, 0.25) is 0 Å². The molecule has 0 radical (unpaired) electrons. The molecule has 9 aliphatic rings. The van der Waals surface area contributed by atoms with Crippen LogP contribution in [-0.2, 0) is 67.1 Å². The monoisotopic (exact) mass is 1870 g/mol. The van der Waals surface area contributed by atoms with Crippen LogP contribution in [-0.4, -0.2) is 81.0 Å². The zero-order chi connectivity index (χ0) is 104. The molecule has 0 aliphatic heterocycles. The number of ketones is 14. The summed E-state index contributed by atoms with van der Waals surface area (Å²) < 4.78 is 0. The molecule has 0 aromatic rings. The van der Waals surface area contributed by atoms with Gasteiger partial charge in [-0.05, 0) is 253 Å². The third kappa shape index (κ3) is 42.3. The van der Waals surface area contributed by atoms with Gasteiger partial charge in [0.1, 0.15) is 81.0 Å². The fourth-order valence-electron chi connectivity index (χ4n) is 24.2. The highest BCUT2D eigenvalue weighted by Crippen LogP contribution is 2.61. The van der Waals surface area contributed by atoms with Crippen molar-refractivity contribution in [3.8, 4) is 0 Å². The van der Waals surface area contributed by atoms with Crippen LogP contribution in [0.3, 0.4) is 0 Å². The predicted octanol–water partition coefficient (Wildman–Crippen LogP) is 31.2. The molecule has 9 fully saturated rings. The van der Waals surface area contributed by atoms with Crippen molar-refractivity contribution < 1.29 is 67.1 Å². The summed E-state index contributed by atoms with van der Waals surface area (Å²) in [5, 5.41) is 0. The van der Waals surface area contributed by atoms with Crippen LogP contribution in [0.1, 0.15) is 539 Å². The number of carbonyl (C=O) groups excluding carboxylic acids is 14. The summed E-state index contributed by atoms with van der Waals surface area (Å²) in [6.07, 6.45) is 42.7. The Hall–Kier alpha value is -4.62. The van der Waals surface area contributed by atoms with Crippen molar-refractivity contribution in [1.29, 1.82) is 0 Å². The minimum atomic E-state index is -0.409. The Morgan fingerprint density at radius 1 is 0.224 bits per heavy atom. The van der Waals surface area contributed by atoms with E-state index in [0.717, 1.165) is 109 Å². The van der Waals surface area contributed by atoms with Gasteiger partial charge in [-0.3, -0.25) is 67.1 Å². The quantitative estimate of drug-likeness (QED) is 0.0865. The van der Waals surface area contributed by atoms with Crippen LogP contribution in [0, 0.1) is 139 Å². The Balaban J connectivity index is 0.000000405. The zero-order valence-corrected chi connectivity index (χ0v) is 94.2. The Bertz CT molecular complexity index is 3840. The third-order valence-electron chi connectivity index (χ3n) is 33.2. The topological polar surface area (TPSA) is 239 Å². The summed E-state index contributed by atoms with van der Waals surface area (Å²) in [7, 11) is 0. The molecule has 134 heavy (non-hydrogen) atoms. The summed E-state index contributed by atoms with van der Waals surface area (Å²) in [5.41, 5.74) is 0.619. The summed E-state index contributed by atoms with van der Waals surface area (Å²) >= 11 is 0. The lowest BCUT2D eigenvalue weighted by Gasteiger charge is -2.54. The lowest BCUT2D eigenvalue weighted by atomic mass is 9.51. The fourth-order valence-corrected chi connectivity index (χ4v) is 24.2. The Kier molecular flexibility index (Phi) is 45.1. The molecule has 772 valence electrons. The smallest absolute Gasteiger partial charge is 0.146 e. The van der Waals surface area contributed by atoms with E-state index in [1.165, 1.54) is 122 Å². The molecule has 9 rings (SSSR count). The molecule has 9 saturated carbocycles. The van der Waals surface area contributed by atoms with E-state index in [-0.39, 0.29) is 199 Å². The predicted molar refractivity (Wildman–Crippen MR) is 554 cm³/mol. The second-order valence-corrected chi connectivity index (χ2v) is 58.3. The highest BCUT2D eigenvalue weighted by Gasteiger charge is 2.51. The van der Waals surface area contributed by atoms with Crippen molar-refractivity contribution in [1.82, 2.24) is 0 Å². The fraction of sp³-hybridized carbons (Fsp3) is 0.883. The Morgan fingerprint density at radius 3 is 0.724 bits per heavy atom. The lowest BCUT2D eigenvalue weighted by molar-refractivity contribution is -0.138. The van der Waals surface area contributed by atoms with Crippen molar-refractivity contribution in [3.05, 3.63) is 0 Å². The van der Waals surface area contributed by atoms with Crippen LogP contribution < -0.4 is 0 Å². The summed E-state index contributed by atoms with van der Waals surface area (Å²) in [6, 6.07) is 0. The number of rotatable bonds is 23. The first-order valence-electron chi connectivity index (χ1n) is 53.8. The van der Waals surface area contributed by atoms with Gasteiger partial charge in [0.05, 0.1) is 44.9 Å². The number of Topliss-reactive ketones (excluding diaryl/α,β-unsaturated/α-hetero) is 14. The van der Waals surface area contributed by atoms with Gasteiger partial charge in [-0.1, -0.05) is 302 Å². The molecule has 0 aromatic carbocycles. The van der Waals surface area contributed by atoms with Gasteiger partial charge in [-0.25, -0.2) is 0 Å². The second kappa shape index (κ2) is 48.9. The van der Waals surface area contributed by atoms with Gasteiger partial charge in [-0.15, -0.1) is 0 Å². The van der Waals surface area contributed by atoms with Crippen LogP contribution in [0.5, 0.6) is 0 Å². The molecule has 0 atom stereocenters. The van der Waals surface area contributed by atoms with Crippen molar-refractivity contribution in [2.45, 2.75) is 539 Å². The maximum absolute atomic E-state index is 12.6. The molecule has 0 aromatic heterocycles. The van der Waals surface area contributed by atoms with Gasteiger partial charge in [-0.2, -0.15) is 0 Å². The van der Waals surface area contributed by atoms with Crippen molar-refractivity contribution >= 4 is 81.0 Å². The second-order valence-electron chi connectivity index (χ2n) is 58.3. The average molecular weight is 1870 g/mol. The molecule has 0 N–H and O–H groups in total. The van der Waals surface area contributed by atoms with Crippen LogP contribution in [0.2, 0.25) is 0 Å². The minimum Gasteiger partial charge on any atom is -0.299 e. The van der Waals surface area contributed by atoms with Gasteiger partial charge < -0.3 is 0 Å². The first-order chi connectivity index (χ1) is 60.4. The average Bonchev–Trinajstić information content (AvgIpc) is 0.757. The number of hydrogen-bond acceptors (Lipinski definition) is 14. The summed E-state index contributed by atoms with van der Waals surface area (Å²) in [4.78, 5) is 170. The molecule has 3 spiro atoms. The first-order valence-corrected chi connectivity index (χ1v) is 53.8. The lowest BCUT2D eigenvalue weighted by Crippen LogP contribution is -2.44. The highest BCUT2D eigenvalue weighted by molar-refractivity contribution is 6.06. The zero-order valence-electron chi connectivity index (χ0n) is 94.2. The van der Waals surface area contributed by atoms with E-state index in [9.17, 15) is 67.1 Å². The molecule has 14 nitrogen and oxygen atoms in total. The molecule has 0 bridgehead atoms. The van der Waals surface area contributed by atoms with E-state index < -0.39 is 16.2 Å². The van der Waals surface area contributed by atoms with Crippen LogP contribution in [0.4, 0.5) is 0 Å². The highest BCUT2D eigenvalue weighted by atomic mass is 16.2. The van der Waals surface area contributed by atoms with E-state index >= 15 is 0 Å². The van der Waals surface area contributed by atoms with Gasteiger partial charge >= 0.3 is 0 Å². The number of carbonyl (C=O) groups is 14. The molecular formula is C120H208O14. The molecule has 9 aliphatic carbocycles. The molecular weight excluding hydrogens is 1670 g/mol. The molecule has 0 amide bonds. The Labute approximate surface area is 821 Å². The van der Waals surface area contributed by atoms with Crippen molar-refractivity contribution in [3.63, 3.8) is 0 Å². The standard InChI is InChI=1S/C22H38O2.C20H34O2.C18H30O2.C17H30O2.C15H26O2.C14H24O2.C14H26O2/c1-19(2,3)18(24)12-17(23)16-8-10-22(11-9-16)14-20(4,5)13-21(6,7)15-22;1-18(2,3)17(22)14-16(21)15-6-8-20(9-7-15)12-10-19(4,5)11-13-20;1-17(2,3)16(20)13-15(19)14-7-11-18(12-8-14)9-5-4-6-10-18;1-15(2,3)14(19)8-13(18)12-9-16(4,5)11-17(6,7)10-12;1-14(2,3)13(17)10-12(16)11-6-8-15(4,5)9-7-11;1-13(2,3)11(15)10-12(16)14(4)8-6-5-7-9-14;1-9(2)13(10(3)4)11(15)8-12(16)14(5,6)7/h16H,8-15H2,1-7H3;15H,6-14H2,1-5H3;14H,4-13H2,1-3H3;12H,8-11H2,1-7H3;11H,6-10H2,1-5H3;5-10H2,1-4H3;9-10,13H,8H2,1-7H3. The Morgan fingerprint density at radius 2 is 0.448 bits per heavy atom. The molecule has 14 heteroatoms. The van der Waals surface area contributed by atoms with E-state index in [1.54, 1.807) is 0 Å². The minimum absolute atomic E-state index is 0.00583. The van der Waals surface area contributed by atoms with Crippen molar-refractivity contribution in [2.75, 3.05) is 0 Å². The summed E-state index contributed by atoms with van der Waals surface area (Å²) in [5.74, 6) is 2.96. The van der Waals surface area contributed by atoms with Crippen LogP contribution in [0.25, 0.3) is 0 Å². The largest absolute Gasteiger partial charge is 0.299 e. The maximum Gasteiger partial charge on any atom is 0.146 e. The van der Waals surface area contributed by atoms with Gasteiger partial charge in [0.25, 0.3) is 0 Å². The summed E-state index contributed by atoms with van der Waals surface area (Å²) in [6.45, 7) is 77.8. The van der Waals surface area contributed by atoms with Crippen LogP contribution >= 0.6 is 0 Å². The van der Waals surface area contributed by atoms with E-state index in [2.05, 4.69) is 83.1 Å². The molecule has 0 heterocycles. The molecule has 0 saturated heterocycles. The van der Waals surface area contributed by atoms with E-state index in [1.807, 2.05) is 180 Å². The first kappa shape index (κ1) is 124. The van der Waals surface area contributed by atoms with Gasteiger partial charge in [0, 0.05) is 78.8 Å². The molecule has 0 unspecified atom stereocenters. The SMILES string of the molecule is CC(C)(C)C(=O)CC(=O)C1(C)CCCCC1.CC(C)(C)C(=O)CC(=O)C1CCC2(CCCCC2)CC1.CC(C)C(C(=O)CC(=O)C(C)(C)C)C(C)C.CC1(C)CC(C(=O)CC(=O)C(C)(C)C)CC(C)(C)C1.CC1(C)CC(C)(C)CC2(CCC(C(=O)CC(=O)C(C)(C)C)CC2)C1.CC1(C)CCC(C(=O)CC(=O)C(C)(C)C)CC1.CC1(C)CCC2(CCC(C(=O)CC(=O)C(C)(C)C)CC2)CC1.